The number of nitrogens with one attached hydrogen (secondary N) is 1. The largest absolute Gasteiger partial charge is 0.306 e. The maximum absolute atomic E-state index is 4.22. The predicted octanol–water partition coefficient (Wildman–Crippen LogP) is 1.86. The minimum Gasteiger partial charge on any atom is -0.306 e. The van der Waals surface area contributed by atoms with Crippen LogP contribution in [0.2, 0.25) is 0 Å². The van der Waals surface area contributed by atoms with Crippen molar-refractivity contribution in [2.45, 2.75) is 39.8 Å². The molecule has 0 saturated carbocycles. The topological polar surface area (TPSA) is 55.6 Å². The van der Waals surface area contributed by atoms with Crippen molar-refractivity contribution in [1.82, 2.24) is 25.1 Å². The molecule has 0 spiro atoms. The zero-order valence-corrected chi connectivity index (χ0v) is 11.3. The molecule has 2 rings (SSSR count). The molecule has 2 aromatic rings. The van der Waals surface area contributed by atoms with Crippen molar-refractivity contribution in [1.29, 1.82) is 0 Å². The predicted molar refractivity (Wildman–Crippen MR) is 70.5 cm³/mol. The molecule has 0 unspecified atom stereocenters. The van der Waals surface area contributed by atoms with Crippen LogP contribution < -0.4 is 5.32 Å². The summed E-state index contributed by atoms with van der Waals surface area (Å²) in [6.07, 6.45) is 3.64. The second-order valence-corrected chi connectivity index (χ2v) is 5.33. The number of imidazole rings is 1. The maximum atomic E-state index is 4.22. The molecule has 0 amide bonds. The Morgan fingerprint density at radius 3 is 2.50 bits per heavy atom. The Bertz CT molecular complexity index is 507. The summed E-state index contributed by atoms with van der Waals surface area (Å²) >= 11 is 0. The highest BCUT2D eigenvalue weighted by Gasteiger charge is 2.09. The fraction of sp³-hybridized carbons (Fsp3) is 0.462. The molecular weight excluding hydrogens is 226 g/mol. The lowest BCUT2D eigenvalue weighted by Gasteiger charge is -2.19. The fourth-order valence-corrected chi connectivity index (χ4v) is 1.55. The summed E-state index contributed by atoms with van der Waals surface area (Å²) in [5, 5.41) is 11.8. The number of rotatable bonds is 3. The summed E-state index contributed by atoms with van der Waals surface area (Å²) in [6.45, 7) is 9.05. The van der Waals surface area contributed by atoms with Crippen LogP contribution in [0.25, 0.3) is 5.82 Å². The minimum atomic E-state index is 0.0846. The zero-order valence-electron chi connectivity index (χ0n) is 11.3. The molecule has 0 bridgehead atoms. The monoisotopic (exact) mass is 245 g/mol. The van der Waals surface area contributed by atoms with Crippen LogP contribution in [0.5, 0.6) is 0 Å². The quantitative estimate of drug-likeness (QED) is 0.896. The molecule has 2 aromatic heterocycles. The molecule has 5 heteroatoms. The molecule has 5 nitrogen and oxygen atoms in total. The molecule has 0 radical (unpaired) electrons. The van der Waals surface area contributed by atoms with Crippen LogP contribution in [0.3, 0.4) is 0 Å². The molecule has 0 saturated heterocycles. The van der Waals surface area contributed by atoms with E-state index in [2.05, 4.69) is 41.3 Å². The van der Waals surface area contributed by atoms with Crippen molar-refractivity contribution in [2.75, 3.05) is 0 Å². The van der Waals surface area contributed by atoms with Gasteiger partial charge >= 0.3 is 0 Å². The molecular formula is C13H19N5. The Kier molecular flexibility index (Phi) is 3.43. The molecule has 18 heavy (non-hydrogen) atoms. The standard InChI is InChI=1S/C13H19N5/c1-10-14-7-8-18(10)12-6-5-11(16-17-12)9-15-13(2,3)4/h5-8,15H,9H2,1-4H3. The van der Waals surface area contributed by atoms with E-state index >= 15 is 0 Å². The van der Waals surface area contributed by atoms with Crippen molar-refractivity contribution in [3.8, 4) is 5.82 Å². The first-order chi connectivity index (χ1) is 8.46. The maximum Gasteiger partial charge on any atom is 0.160 e. The van der Waals surface area contributed by atoms with E-state index in [0.29, 0.717) is 0 Å². The first-order valence-corrected chi connectivity index (χ1v) is 6.04. The van der Waals surface area contributed by atoms with E-state index in [1.807, 2.05) is 29.8 Å². The van der Waals surface area contributed by atoms with E-state index < -0.39 is 0 Å². The van der Waals surface area contributed by atoms with Gasteiger partial charge in [-0.2, -0.15) is 5.10 Å². The first-order valence-electron chi connectivity index (χ1n) is 6.04. The second-order valence-electron chi connectivity index (χ2n) is 5.33. The highest BCUT2D eigenvalue weighted by Crippen LogP contribution is 2.07. The smallest absolute Gasteiger partial charge is 0.160 e. The number of aromatic nitrogens is 4. The summed E-state index contributed by atoms with van der Waals surface area (Å²) in [5.74, 6) is 1.70. The van der Waals surface area contributed by atoms with E-state index in [1.54, 1.807) is 6.20 Å². The Morgan fingerprint density at radius 2 is 2.00 bits per heavy atom. The van der Waals surface area contributed by atoms with Gasteiger partial charge in [0.2, 0.25) is 0 Å². The molecule has 0 fully saturated rings. The lowest BCUT2D eigenvalue weighted by molar-refractivity contribution is 0.420. The summed E-state index contributed by atoms with van der Waals surface area (Å²) < 4.78 is 1.91. The first kappa shape index (κ1) is 12.7. The van der Waals surface area contributed by atoms with Gasteiger partial charge in [-0.25, -0.2) is 4.98 Å². The van der Waals surface area contributed by atoms with Crippen molar-refractivity contribution < 1.29 is 0 Å². The molecule has 0 aliphatic heterocycles. The second kappa shape index (κ2) is 4.86. The Balaban J connectivity index is 2.09. The van der Waals surface area contributed by atoms with Gasteiger partial charge in [-0.1, -0.05) is 0 Å². The number of aryl methyl sites for hydroxylation is 1. The van der Waals surface area contributed by atoms with Crippen molar-refractivity contribution >= 4 is 0 Å². The third kappa shape index (κ3) is 3.13. The molecule has 96 valence electrons. The third-order valence-electron chi connectivity index (χ3n) is 2.58. The third-order valence-corrected chi connectivity index (χ3v) is 2.58. The van der Waals surface area contributed by atoms with Crippen LogP contribution >= 0.6 is 0 Å². The zero-order chi connectivity index (χ0) is 13.2. The summed E-state index contributed by atoms with van der Waals surface area (Å²) in [6, 6.07) is 3.95. The van der Waals surface area contributed by atoms with Crippen molar-refractivity contribution in [2.24, 2.45) is 0 Å². The lowest BCUT2D eigenvalue weighted by atomic mass is 10.1. The Hall–Kier alpha value is -1.75. The van der Waals surface area contributed by atoms with E-state index in [4.69, 9.17) is 0 Å². The van der Waals surface area contributed by atoms with E-state index in [0.717, 1.165) is 23.9 Å². The SMILES string of the molecule is Cc1nccn1-c1ccc(CNC(C)(C)C)nn1. The normalized spacial score (nSPS) is 11.8. The van der Waals surface area contributed by atoms with E-state index in [9.17, 15) is 0 Å². The molecule has 0 aliphatic carbocycles. The van der Waals surface area contributed by atoms with Crippen molar-refractivity contribution in [3.05, 3.63) is 36.0 Å². The van der Waals surface area contributed by atoms with Crippen LogP contribution in [0, 0.1) is 6.92 Å². The van der Waals surface area contributed by atoms with Gasteiger partial charge in [0.25, 0.3) is 0 Å². The van der Waals surface area contributed by atoms with Gasteiger partial charge in [-0.3, -0.25) is 4.57 Å². The van der Waals surface area contributed by atoms with Gasteiger partial charge in [-0.05, 0) is 39.8 Å². The molecule has 0 aliphatic rings. The molecule has 2 heterocycles. The van der Waals surface area contributed by atoms with Gasteiger partial charge < -0.3 is 5.32 Å². The van der Waals surface area contributed by atoms with Gasteiger partial charge in [0.05, 0.1) is 5.69 Å². The molecule has 1 N–H and O–H groups in total. The average molecular weight is 245 g/mol. The van der Waals surface area contributed by atoms with Crippen molar-refractivity contribution in [3.63, 3.8) is 0 Å². The molecule has 0 aromatic carbocycles. The van der Waals surface area contributed by atoms with Gasteiger partial charge in [0, 0.05) is 24.5 Å². The number of nitrogens with zero attached hydrogens (tertiary/aromatic N) is 4. The van der Waals surface area contributed by atoms with Crippen LogP contribution in [0.15, 0.2) is 24.5 Å². The average Bonchev–Trinajstić information content (AvgIpc) is 2.73. The summed E-state index contributed by atoms with van der Waals surface area (Å²) in [7, 11) is 0. The minimum absolute atomic E-state index is 0.0846. The Morgan fingerprint density at radius 1 is 1.22 bits per heavy atom. The van der Waals surface area contributed by atoms with E-state index in [1.165, 1.54) is 0 Å². The van der Waals surface area contributed by atoms with Crippen LogP contribution in [0.1, 0.15) is 32.3 Å². The lowest BCUT2D eigenvalue weighted by Crippen LogP contribution is -2.35. The number of hydrogen-bond acceptors (Lipinski definition) is 4. The summed E-state index contributed by atoms with van der Waals surface area (Å²) in [5.41, 5.74) is 1.02. The van der Waals surface area contributed by atoms with Gasteiger partial charge in [-0.15, -0.1) is 5.10 Å². The van der Waals surface area contributed by atoms with Gasteiger partial charge in [0.15, 0.2) is 5.82 Å². The summed E-state index contributed by atoms with van der Waals surface area (Å²) in [4.78, 5) is 4.17. The molecule has 0 atom stereocenters. The fourth-order valence-electron chi connectivity index (χ4n) is 1.55. The van der Waals surface area contributed by atoms with Crippen LogP contribution in [0.4, 0.5) is 0 Å². The Labute approximate surface area is 107 Å². The number of hydrogen-bond donors (Lipinski definition) is 1. The van der Waals surface area contributed by atoms with Gasteiger partial charge in [0.1, 0.15) is 5.82 Å². The van der Waals surface area contributed by atoms with Crippen LogP contribution in [-0.4, -0.2) is 25.3 Å². The van der Waals surface area contributed by atoms with E-state index in [-0.39, 0.29) is 5.54 Å². The highest BCUT2D eigenvalue weighted by atomic mass is 15.2. The van der Waals surface area contributed by atoms with Crippen LogP contribution in [-0.2, 0) is 6.54 Å². The highest BCUT2D eigenvalue weighted by molar-refractivity contribution is 5.23.